The summed E-state index contributed by atoms with van der Waals surface area (Å²) < 4.78 is 10.7. The molecular weight excluding hydrogens is 370 g/mol. The fourth-order valence-electron chi connectivity index (χ4n) is 2.58. The van der Waals surface area contributed by atoms with Crippen molar-refractivity contribution in [2.24, 2.45) is 0 Å². The lowest BCUT2D eigenvalue weighted by Crippen LogP contribution is -2.31. The first-order chi connectivity index (χ1) is 13.7. The number of Topliss-reactive ketones (excluding diaryl/α,β-unsaturated/α-hetero) is 1. The summed E-state index contributed by atoms with van der Waals surface area (Å²) in [6.45, 7) is 8.73. The Labute approximate surface area is 171 Å². The predicted molar refractivity (Wildman–Crippen MR) is 111 cm³/mol. The van der Waals surface area contributed by atoms with Crippen LogP contribution in [0, 0.1) is 6.92 Å². The Hall–Kier alpha value is -3.15. The molecule has 0 spiro atoms. The summed E-state index contributed by atoms with van der Waals surface area (Å²) in [5.41, 5.74) is 3.10. The van der Waals surface area contributed by atoms with E-state index >= 15 is 0 Å². The number of carbonyl (C=O) groups is 3. The van der Waals surface area contributed by atoms with Crippen molar-refractivity contribution in [1.29, 1.82) is 0 Å². The molecule has 0 fully saturated rings. The molecular formula is C23H27NO5. The number of benzene rings is 2. The molecule has 1 atom stereocenters. The van der Waals surface area contributed by atoms with E-state index in [0.29, 0.717) is 22.9 Å². The van der Waals surface area contributed by atoms with Gasteiger partial charge in [0, 0.05) is 11.3 Å². The van der Waals surface area contributed by atoms with Crippen LogP contribution in [0.15, 0.2) is 42.5 Å². The zero-order chi connectivity index (χ0) is 21.6. The summed E-state index contributed by atoms with van der Waals surface area (Å²) in [7, 11) is 0. The molecule has 0 heterocycles. The van der Waals surface area contributed by atoms with Crippen LogP contribution < -0.4 is 10.1 Å². The monoisotopic (exact) mass is 397 g/mol. The molecule has 2 aromatic rings. The van der Waals surface area contributed by atoms with E-state index in [-0.39, 0.29) is 12.4 Å². The molecule has 154 valence electrons. The van der Waals surface area contributed by atoms with Gasteiger partial charge in [-0.05, 0) is 68.1 Å². The number of carbonyl (C=O) groups excluding carboxylic acids is 3. The number of nitrogens with one attached hydrogen (secondary N) is 1. The number of ketones is 1. The van der Waals surface area contributed by atoms with Gasteiger partial charge in [0.05, 0.1) is 0 Å². The smallest absolute Gasteiger partial charge is 0.344 e. The lowest BCUT2D eigenvalue weighted by atomic mass is 10.0. The fourth-order valence-corrected chi connectivity index (χ4v) is 2.58. The molecule has 2 rings (SSSR count). The van der Waals surface area contributed by atoms with Crippen LogP contribution >= 0.6 is 0 Å². The first-order valence-electron chi connectivity index (χ1n) is 9.52. The van der Waals surface area contributed by atoms with Crippen molar-refractivity contribution in [2.45, 2.75) is 46.6 Å². The van der Waals surface area contributed by atoms with E-state index < -0.39 is 18.0 Å². The number of anilines is 1. The average Bonchev–Trinajstić information content (AvgIpc) is 2.67. The molecule has 6 nitrogen and oxygen atoms in total. The highest BCUT2D eigenvalue weighted by Gasteiger charge is 2.19. The highest BCUT2D eigenvalue weighted by molar-refractivity contribution is 5.97. The standard InChI is InChI=1S/C23H27NO5/c1-14(2)19-7-6-15(3)21(12-19)28-13-22(26)29-17(5)23(27)24-20-10-8-18(9-11-20)16(4)25/h6-12,14,17H,13H2,1-5H3,(H,24,27)/t17-/m0/s1. The Kier molecular flexibility index (Phi) is 7.53. The van der Waals surface area contributed by atoms with E-state index in [0.717, 1.165) is 11.1 Å². The highest BCUT2D eigenvalue weighted by atomic mass is 16.6. The molecule has 0 aliphatic heterocycles. The largest absolute Gasteiger partial charge is 0.482 e. The van der Waals surface area contributed by atoms with Crippen LogP contribution in [0.2, 0.25) is 0 Å². The van der Waals surface area contributed by atoms with E-state index in [2.05, 4.69) is 19.2 Å². The van der Waals surface area contributed by atoms with Crippen molar-refractivity contribution >= 4 is 23.3 Å². The van der Waals surface area contributed by atoms with Gasteiger partial charge in [-0.15, -0.1) is 0 Å². The van der Waals surface area contributed by atoms with E-state index in [1.807, 2.05) is 25.1 Å². The average molecular weight is 397 g/mol. The lowest BCUT2D eigenvalue weighted by molar-refractivity contribution is -0.155. The zero-order valence-corrected chi connectivity index (χ0v) is 17.4. The van der Waals surface area contributed by atoms with E-state index in [9.17, 15) is 14.4 Å². The molecule has 2 aromatic carbocycles. The molecule has 0 radical (unpaired) electrons. The molecule has 1 N–H and O–H groups in total. The van der Waals surface area contributed by atoms with Crippen molar-refractivity contribution in [2.75, 3.05) is 11.9 Å². The molecule has 0 saturated heterocycles. The van der Waals surface area contributed by atoms with Gasteiger partial charge in [0.2, 0.25) is 0 Å². The molecule has 29 heavy (non-hydrogen) atoms. The molecule has 0 aliphatic rings. The van der Waals surface area contributed by atoms with Crippen LogP contribution in [0.4, 0.5) is 5.69 Å². The van der Waals surface area contributed by atoms with E-state index in [1.165, 1.54) is 13.8 Å². The minimum absolute atomic E-state index is 0.0562. The number of hydrogen-bond acceptors (Lipinski definition) is 5. The van der Waals surface area contributed by atoms with Gasteiger partial charge in [-0.25, -0.2) is 4.79 Å². The van der Waals surface area contributed by atoms with Crippen LogP contribution in [-0.4, -0.2) is 30.4 Å². The van der Waals surface area contributed by atoms with Crippen LogP contribution in [0.25, 0.3) is 0 Å². The van der Waals surface area contributed by atoms with Gasteiger partial charge >= 0.3 is 5.97 Å². The number of hydrogen-bond donors (Lipinski definition) is 1. The van der Waals surface area contributed by atoms with E-state index in [4.69, 9.17) is 9.47 Å². The molecule has 6 heteroatoms. The Morgan fingerprint density at radius 1 is 1.00 bits per heavy atom. The highest BCUT2D eigenvalue weighted by Crippen LogP contribution is 2.24. The van der Waals surface area contributed by atoms with Crippen LogP contribution in [0.3, 0.4) is 0 Å². The van der Waals surface area contributed by atoms with Crippen molar-refractivity contribution in [1.82, 2.24) is 0 Å². The maximum absolute atomic E-state index is 12.2. The van der Waals surface area contributed by atoms with Gasteiger partial charge in [-0.2, -0.15) is 0 Å². The van der Waals surface area contributed by atoms with Gasteiger partial charge < -0.3 is 14.8 Å². The Bertz CT molecular complexity index is 887. The van der Waals surface area contributed by atoms with Gasteiger partial charge in [0.15, 0.2) is 18.5 Å². The minimum Gasteiger partial charge on any atom is -0.482 e. The van der Waals surface area contributed by atoms with Gasteiger partial charge in [0.1, 0.15) is 5.75 Å². The lowest BCUT2D eigenvalue weighted by Gasteiger charge is -2.15. The summed E-state index contributed by atoms with van der Waals surface area (Å²) in [5.74, 6) is -0.186. The maximum atomic E-state index is 12.2. The van der Waals surface area contributed by atoms with Crippen LogP contribution in [0.5, 0.6) is 5.75 Å². The van der Waals surface area contributed by atoms with Gasteiger partial charge in [0.25, 0.3) is 5.91 Å². The third kappa shape index (κ3) is 6.45. The quantitative estimate of drug-likeness (QED) is 0.531. The van der Waals surface area contributed by atoms with Gasteiger partial charge in [-0.3, -0.25) is 9.59 Å². The molecule has 1 amide bonds. The van der Waals surface area contributed by atoms with Crippen LogP contribution in [0.1, 0.15) is 55.1 Å². The number of amides is 1. The molecule has 0 unspecified atom stereocenters. The molecule has 0 aromatic heterocycles. The summed E-state index contributed by atoms with van der Waals surface area (Å²) in [6.07, 6.45) is -0.985. The summed E-state index contributed by atoms with van der Waals surface area (Å²) in [6, 6.07) is 12.4. The van der Waals surface area contributed by atoms with Crippen molar-refractivity contribution in [3.8, 4) is 5.75 Å². The van der Waals surface area contributed by atoms with Crippen LogP contribution in [-0.2, 0) is 14.3 Å². The zero-order valence-electron chi connectivity index (χ0n) is 17.4. The molecule has 0 bridgehead atoms. The minimum atomic E-state index is -0.985. The second-order valence-electron chi connectivity index (χ2n) is 7.22. The third-order valence-corrected chi connectivity index (χ3v) is 4.46. The van der Waals surface area contributed by atoms with Crippen molar-refractivity contribution in [3.63, 3.8) is 0 Å². The first kappa shape index (κ1) is 22.1. The maximum Gasteiger partial charge on any atom is 0.344 e. The Morgan fingerprint density at radius 3 is 2.24 bits per heavy atom. The number of esters is 1. The second kappa shape index (κ2) is 9.87. The van der Waals surface area contributed by atoms with E-state index in [1.54, 1.807) is 24.3 Å². The fraction of sp³-hybridized carbons (Fsp3) is 0.348. The normalized spacial score (nSPS) is 11.7. The third-order valence-electron chi connectivity index (χ3n) is 4.46. The predicted octanol–water partition coefficient (Wildman–Crippen LogP) is 4.27. The second-order valence-corrected chi connectivity index (χ2v) is 7.22. The Balaban J connectivity index is 1.87. The number of rotatable bonds is 8. The number of aryl methyl sites for hydroxylation is 1. The van der Waals surface area contributed by atoms with Crippen molar-refractivity contribution in [3.05, 3.63) is 59.2 Å². The topological polar surface area (TPSA) is 81.7 Å². The number of ether oxygens (including phenoxy) is 2. The first-order valence-corrected chi connectivity index (χ1v) is 9.52. The summed E-state index contributed by atoms with van der Waals surface area (Å²) >= 11 is 0. The summed E-state index contributed by atoms with van der Waals surface area (Å²) in [4.78, 5) is 35.6. The van der Waals surface area contributed by atoms with Gasteiger partial charge in [-0.1, -0.05) is 26.0 Å². The SMILES string of the molecule is CC(=O)c1ccc(NC(=O)[C@H](C)OC(=O)COc2cc(C(C)C)ccc2C)cc1. The van der Waals surface area contributed by atoms with Crippen molar-refractivity contribution < 1.29 is 23.9 Å². The molecule has 0 aliphatic carbocycles. The Morgan fingerprint density at radius 2 is 1.66 bits per heavy atom. The molecule has 0 saturated carbocycles. The summed E-state index contributed by atoms with van der Waals surface area (Å²) in [5, 5.41) is 2.65.